The highest BCUT2D eigenvalue weighted by molar-refractivity contribution is 9.10. The van der Waals surface area contributed by atoms with Crippen LogP contribution < -0.4 is 4.74 Å². The van der Waals surface area contributed by atoms with Crippen LogP contribution >= 0.6 is 15.9 Å². The molecule has 0 aliphatic rings. The molecule has 0 N–H and O–H groups in total. The van der Waals surface area contributed by atoms with E-state index in [-0.39, 0.29) is 5.78 Å². The van der Waals surface area contributed by atoms with Crippen molar-refractivity contribution in [1.82, 2.24) is 0 Å². The lowest BCUT2D eigenvalue weighted by Gasteiger charge is -2.11. The van der Waals surface area contributed by atoms with Gasteiger partial charge in [0.1, 0.15) is 5.75 Å². The van der Waals surface area contributed by atoms with Gasteiger partial charge in [-0.15, -0.1) is 0 Å². The first-order valence-corrected chi connectivity index (χ1v) is 7.72. The van der Waals surface area contributed by atoms with Crippen molar-refractivity contribution in [1.29, 1.82) is 0 Å². The molecule has 0 saturated heterocycles. The normalized spacial score (nSPS) is 10.8. The van der Waals surface area contributed by atoms with Crippen LogP contribution in [0.3, 0.4) is 0 Å². The molecule has 0 fully saturated rings. The second-order valence-electron chi connectivity index (χ2n) is 5.41. The zero-order valence-electron chi connectivity index (χ0n) is 12.7. The molecule has 2 nitrogen and oxygen atoms in total. The Morgan fingerprint density at radius 2 is 1.76 bits per heavy atom. The highest BCUT2D eigenvalue weighted by Gasteiger charge is 2.16. The van der Waals surface area contributed by atoms with E-state index in [1.54, 1.807) is 7.11 Å². The molecule has 0 bridgehead atoms. The lowest BCUT2D eigenvalue weighted by Crippen LogP contribution is -2.05. The maximum Gasteiger partial charge on any atom is 0.196 e. The number of aryl methyl sites for hydroxylation is 1. The van der Waals surface area contributed by atoms with E-state index in [4.69, 9.17) is 4.74 Å². The van der Waals surface area contributed by atoms with Crippen LogP contribution in [0.5, 0.6) is 5.75 Å². The van der Waals surface area contributed by atoms with Gasteiger partial charge in [0.2, 0.25) is 0 Å². The van der Waals surface area contributed by atoms with Gasteiger partial charge in [0.15, 0.2) is 5.78 Å². The van der Waals surface area contributed by atoms with Crippen LogP contribution in [0.25, 0.3) is 0 Å². The zero-order chi connectivity index (χ0) is 15.6. The number of carbonyl (C=O) groups is 1. The number of rotatable bonds is 4. The van der Waals surface area contributed by atoms with Crippen LogP contribution in [0.15, 0.2) is 40.9 Å². The SMILES string of the molecule is COc1cc(C)c(Br)cc1C(=O)c1ccc(C(C)C)cc1. The largest absolute Gasteiger partial charge is 0.496 e. The molecule has 3 heteroatoms. The summed E-state index contributed by atoms with van der Waals surface area (Å²) in [6.07, 6.45) is 0. The van der Waals surface area contributed by atoms with Gasteiger partial charge in [-0.2, -0.15) is 0 Å². The van der Waals surface area contributed by atoms with Gasteiger partial charge in [0.25, 0.3) is 0 Å². The molecule has 2 aromatic rings. The average molecular weight is 347 g/mol. The molecule has 0 aliphatic heterocycles. The number of carbonyl (C=O) groups excluding carboxylic acids is 1. The van der Waals surface area contributed by atoms with Crippen molar-refractivity contribution in [3.8, 4) is 5.75 Å². The Bertz CT molecular complexity index is 658. The van der Waals surface area contributed by atoms with Crippen molar-refractivity contribution >= 4 is 21.7 Å². The minimum atomic E-state index is -0.0251. The van der Waals surface area contributed by atoms with E-state index in [1.165, 1.54) is 5.56 Å². The fourth-order valence-electron chi connectivity index (χ4n) is 2.18. The maximum atomic E-state index is 12.7. The Hall–Kier alpha value is -1.61. The minimum absolute atomic E-state index is 0.0251. The van der Waals surface area contributed by atoms with Crippen LogP contribution in [0, 0.1) is 6.92 Å². The molecule has 0 amide bonds. The Morgan fingerprint density at radius 3 is 2.29 bits per heavy atom. The predicted molar refractivity (Wildman–Crippen MR) is 89.4 cm³/mol. The smallest absolute Gasteiger partial charge is 0.196 e. The summed E-state index contributed by atoms with van der Waals surface area (Å²) in [5, 5.41) is 0. The van der Waals surface area contributed by atoms with Gasteiger partial charge >= 0.3 is 0 Å². The molecule has 0 spiro atoms. The molecule has 0 heterocycles. The Balaban J connectivity index is 2.42. The van der Waals surface area contributed by atoms with Crippen LogP contribution in [-0.2, 0) is 0 Å². The Morgan fingerprint density at radius 1 is 1.14 bits per heavy atom. The van der Waals surface area contributed by atoms with Gasteiger partial charge in [-0.05, 0) is 36.1 Å². The van der Waals surface area contributed by atoms with E-state index < -0.39 is 0 Å². The van der Waals surface area contributed by atoms with E-state index >= 15 is 0 Å². The molecular weight excluding hydrogens is 328 g/mol. The second kappa shape index (κ2) is 6.44. The number of ketones is 1. The molecule has 0 aromatic heterocycles. The van der Waals surface area contributed by atoms with Gasteiger partial charge in [-0.25, -0.2) is 0 Å². The second-order valence-corrected chi connectivity index (χ2v) is 6.26. The van der Waals surface area contributed by atoms with E-state index in [0.717, 1.165) is 10.0 Å². The van der Waals surface area contributed by atoms with Crippen molar-refractivity contribution in [3.05, 3.63) is 63.1 Å². The van der Waals surface area contributed by atoms with Crippen molar-refractivity contribution in [2.24, 2.45) is 0 Å². The fourth-order valence-corrected chi connectivity index (χ4v) is 2.52. The zero-order valence-corrected chi connectivity index (χ0v) is 14.3. The summed E-state index contributed by atoms with van der Waals surface area (Å²) in [5.41, 5.74) is 3.52. The van der Waals surface area contributed by atoms with Gasteiger partial charge in [-0.3, -0.25) is 4.79 Å². The lowest BCUT2D eigenvalue weighted by molar-refractivity contribution is 0.103. The van der Waals surface area contributed by atoms with Crippen LogP contribution in [0.4, 0.5) is 0 Å². The van der Waals surface area contributed by atoms with E-state index in [1.807, 2.05) is 43.3 Å². The molecule has 110 valence electrons. The molecule has 0 atom stereocenters. The standard InChI is InChI=1S/C18H19BrO2/c1-11(2)13-5-7-14(8-6-13)18(20)15-10-16(19)12(3)9-17(15)21-4/h5-11H,1-4H3. The Kier molecular flexibility index (Phi) is 4.84. The first kappa shape index (κ1) is 15.8. The highest BCUT2D eigenvalue weighted by atomic mass is 79.9. The average Bonchev–Trinajstić information content (AvgIpc) is 2.49. The predicted octanol–water partition coefficient (Wildman–Crippen LogP) is 5.12. The molecule has 21 heavy (non-hydrogen) atoms. The molecule has 2 aromatic carbocycles. The summed E-state index contributed by atoms with van der Waals surface area (Å²) >= 11 is 3.47. The van der Waals surface area contributed by atoms with Crippen LogP contribution in [-0.4, -0.2) is 12.9 Å². The monoisotopic (exact) mass is 346 g/mol. The number of benzene rings is 2. The highest BCUT2D eigenvalue weighted by Crippen LogP contribution is 2.29. The molecule has 0 unspecified atom stereocenters. The molecule has 0 aliphatic carbocycles. The first-order valence-electron chi connectivity index (χ1n) is 6.92. The molecule has 2 rings (SSSR count). The molecule has 0 radical (unpaired) electrons. The minimum Gasteiger partial charge on any atom is -0.496 e. The van der Waals surface area contributed by atoms with Crippen molar-refractivity contribution < 1.29 is 9.53 Å². The van der Waals surface area contributed by atoms with Gasteiger partial charge in [0.05, 0.1) is 12.7 Å². The van der Waals surface area contributed by atoms with Crippen LogP contribution in [0.1, 0.15) is 46.8 Å². The summed E-state index contributed by atoms with van der Waals surface area (Å²) < 4.78 is 6.25. The topological polar surface area (TPSA) is 26.3 Å². The molecular formula is C18H19BrO2. The summed E-state index contributed by atoms with van der Waals surface area (Å²) in [5.74, 6) is 1.04. The summed E-state index contributed by atoms with van der Waals surface area (Å²) in [4.78, 5) is 12.7. The third-order valence-corrected chi connectivity index (χ3v) is 4.42. The quantitative estimate of drug-likeness (QED) is 0.718. The number of hydrogen-bond donors (Lipinski definition) is 0. The van der Waals surface area contributed by atoms with Gasteiger partial charge < -0.3 is 4.74 Å². The first-order chi connectivity index (χ1) is 9.93. The number of hydrogen-bond acceptors (Lipinski definition) is 2. The van der Waals surface area contributed by atoms with Crippen molar-refractivity contribution in [3.63, 3.8) is 0 Å². The maximum absolute atomic E-state index is 12.7. The summed E-state index contributed by atoms with van der Waals surface area (Å²) in [6, 6.07) is 11.5. The van der Waals surface area contributed by atoms with E-state index in [9.17, 15) is 4.79 Å². The fraction of sp³-hybridized carbons (Fsp3) is 0.278. The number of halogens is 1. The van der Waals surface area contributed by atoms with Crippen LogP contribution in [0.2, 0.25) is 0 Å². The van der Waals surface area contributed by atoms with Crippen molar-refractivity contribution in [2.45, 2.75) is 26.7 Å². The number of methoxy groups -OCH3 is 1. The summed E-state index contributed by atoms with van der Waals surface area (Å²) in [6.45, 7) is 6.24. The number of ether oxygens (including phenoxy) is 1. The van der Waals surface area contributed by atoms with Crippen molar-refractivity contribution in [2.75, 3.05) is 7.11 Å². The Labute approximate surface area is 134 Å². The van der Waals surface area contributed by atoms with E-state index in [2.05, 4.69) is 29.8 Å². The lowest BCUT2D eigenvalue weighted by atomic mass is 9.97. The van der Waals surface area contributed by atoms with Gasteiger partial charge in [-0.1, -0.05) is 54.0 Å². The molecule has 0 saturated carbocycles. The third-order valence-electron chi connectivity index (χ3n) is 3.56. The van der Waals surface area contributed by atoms with Gasteiger partial charge in [0, 0.05) is 10.0 Å². The van der Waals surface area contributed by atoms with E-state index in [0.29, 0.717) is 22.8 Å². The third kappa shape index (κ3) is 3.35. The summed E-state index contributed by atoms with van der Waals surface area (Å²) in [7, 11) is 1.58.